The molecular weight excluding hydrogens is 250 g/mol. The number of aromatic nitrogens is 1. The number of nitrogens with zero attached hydrogens (tertiary/aromatic N) is 3. The van der Waals surface area contributed by atoms with Crippen LogP contribution < -0.4 is 4.90 Å². The standard InChI is InChI=1S/C16H25N3O/c1-4-13-7-6-11-19(12-10-13)15-9-5-8-14(17-15)16(20)18(2)3/h5,8-9,13H,4,6-7,10-12H2,1-3H3. The summed E-state index contributed by atoms with van der Waals surface area (Å²) in [6, 6.07) is 5.73. The molecule has 0 aliphatic carbocycles. The van der Waals surface area contributed by atoms with Crippen LogP contribution in [0.3, 0.4) is 0 Å². The normalized spacial score (nSPS) is 19.6. The van der Waals surface area contributed by atoms with Crippen molar-refractivity contribution in [3.63, 3.8) is 0 Å². The lowest BCUT2D eigenvalue weighted by atomic mass is 9.98. The van der Waals surface area contributed by atoms with Crippen LogP contribution in [0.25, 0.3) is 0 Å². The number of rotatable bonds is 3. The van der Waals surface area contributed by atoms with Crippen molar-refractivity contribution < 1.29 is 4.79 Å². The Labute approximate surface area is 121 Å². The molecule has 20 heavy (non-hydrogen) atoms. The number of hydrogen-bond acceptors (Lipinski definition) is 3. The summed E-state index contributed by atoms with van der Waals surface area (Å²) in [4.78, 5) is 20.4. The summed E-state index contributed by atoms with van der Waals surface area (Å²) >= 11 is 0. The van der Waals surface area contributed by atoms with Crippen molar-refractivity contribution in [1.82, 2.24) is 9.88 Å². The second-order valence-electron chi connectivity index (χ2n) is 5.77. The Bertz CT molecular complexity index is 459. The quantitative estimate of drug-likeness (QED) is 0.851. The van der Waals surface area contributed by atoms with E-state index in [1.54, 1.807) is 25.1 Å². The van der Waals surface area contributed by atoms with Gasteiger partial charge in [0, 0.05) is 27.2 Å². The predicted octanol–water partition coefficient (Wildman–Crippen LogP) is 2.80. The van der Waals surface area contributed by atoms with Crippen LogP contribution in [0, 0.1) is 5.92 Å². The number of pyridine rings is 1. The molecule has 1 amide bonds. The molecule has 0 spiro atoms. The van der Waals surface area contributed by atoms with Gasteiger partial charge < -0.3 is 9.80 Å². The van der Waals surface area contributed by atoms with Crippen molar-refractivity contribution >= 4 is 11.7 Å². The van der Waals surface area contributed by atoms with Gasteiger partial charge in [0.05, 0.1) is 0 Å². The number of carbonyl (C=O) groups is 1. The van der Waals surface area contributed by atoms with E-state index < -0.39 is 0 Å². The monoisotopic (exact) mass is 275 g/mol. The lowest BCUT2D eigenvalue weighted by molar-refractivity contribution is 0.0822. The molecular formula is C16H25N3O. The molecule has 1 aliphatic rings. The molecule has 0 aromatic carbocycles. The smallest absolute Gasteiger partial charge is 0.272 e. The van der Waals surface area contributed by atoms with Gasteiger partial charge in [-0.2, -0.15) is 0 Å². The largest absolute Gasteiger partial charge is 0.357 e. The Morgan fingerprint density at radius 3 is 2.85 bits per heavy atom. The van der Waals surface area contributed by atoms with E-state index in [2.05, 4.69) is 16.8 Å². The van der Waals surface area contributed by atoms with Gasteiger partial charge in [-0.15, -0.1) is 0 Å². The van der Waals surface area contributed by atoms with Crippen molar-refractivity contribution in [2.75, 3.05) is 32.1 Å². The minimum Gasteiger partial charge on any atom is -0.357 e. The molecule has 110 valence electrons. The molecule has 1 aromatic heterocycles. The van der Waals surface area contributed by atoms with E-state index in [1.807, 2.05) is 12.1 Å². The third-order valence-corrected chi connectivity index (χ3v) is 4.11. The first-order valence-electron chi connectivity index (χ1n) is 7.55. The first-order valence-corrected chi connectivity index (χ1v) is 7.55. The van der Waals surface area contributed by atoms with E-state index in [4.69, 9.17) is 0 Å². The molecule has 1 fully saturated rings. The van der Waals surface area contributed by atoms with Crippen molar-refractivity contribution in [3.05, 3.63) is 23.9 Å². The Balaban J connectivity index is 2.12. The molecule has 1 unspecified atom stereocenters. The summed E-state index contributed by atoms with van der Waals surface area (Å²) in [5.41, 5.74) is 0.531. The van der Waals surface area contributed by atoms with Gasteiger partial charge in [0.15, 0.2) is 0 Å². The van der Waals surface area contributed by atoms with E-state index in [0.717, 1.165) is 24.8 Å². The molecule has 1 aromatic rings. The molecule has 2 rings (SSSR count). The average Bonchev–Trinajstić information content (AvgIpc) is 2.71. The average molecular weight is 275 g/mol. The van der Waals surface area contributed by atoms with Gasteiger partial charge >= 0.3 is 0 Å². The Morgan fingerprint density at radius 1 is 1.35 bits per heavy atom. The van der Waals surface area contributed by atoms with Crippen LogP contribution in [-0.4, -0.2) is 43.0 Å². The van der Waals surface area contributed by atoms with Gasteiger partial charge in [0.1, 0.15) is 11.5 Å². The molecule has 1 atom stereocenters. The minimum atomic E-state index is -0.0342. The highest BCUT2D eigenvalue weighted by Gasteiger charge is 2.18. The van der Waals surface area contributed by atoms with Crippen molar-refractivity contribution in [3.8, 4) is 0 Å². The molecule has 0 bridgehead atoms. The molecule has 2 heterocycles. The number of hydrogen-bond donors (Lipinski definition) is 0. The number of carbonyl (C=O) groups excluding carboxylic acids is 1. The lowest BCUT2D eigenvalue weighted by Crippen LogP contribution is -2.27. The molecule has 1 saturated heterocycles. The summed E-state index contributed by atoms with van der Waals surface area (Å²) < 4.78 is 0. The fourth-order valence-electron chi connectivity index (χ4n) is 2.75. The van der Waals surface area contributed by atoms with Crippen molar-refractivity contribution in [2.24, 2.45) is 5.92 Å². The molecule has 4 nitrogen and oxygen atoms in total. The SMILES string of the molecule is CCC1CCCN(c2cccc(C(=O)N(C)C)n2)CC1. The number of anilines is 1. The summed E-state index contributed by atoms with van der Waals surface area (Å²) in [6.07, 6.45) is 5.01. The van der Waals surface area contributed by atoms with Crippen LogP contribution in [-0.2, 0) is 0 Å². The van der Waals surface area contributed by atoms with E-state index in [0.29, 0.717) is 5.69 Å². The van der Waals surface area contributed by atoms with Crippen LogP contribution in [0.1, 0.15) is 43.1 Å². The molecule has 0 saturated carbocycles. The number of amides is 1. The molecule has 0 radical (unpaired) electrons. The molecule has 0 N–H and O–H groups in total. The lowest BCUT2D eigenvalue weighted by Gasteiger charge is -2.22. The van der Waals surface area contributed by atoms with Gasteiger partial charge in [-0.25, -0.2) is 4.98 Å². The highest BCUT2D eigenvalue weighted by atomic mass is 16.2. The van der Waals surface area contributed by atoms with Gasteiger partial charge in [-0.3, -0.25) is 4.79 Å². The second kappa shape index (κ2) is 6.73. The third-order valence-electron chi connectivity index (χ3n) is 4.11. The predicted molar refractivity (Wildman–Crippen MR) is 82.1 cm³/mol. The van der Waals surface area contributed by atoms with Crippen LogP contribution in [0.2, 0.25) is 0 Å². The molecule has 4 heteroatoms. The maximum atomic E-state index is 12.0. The molecule has 1 aliphatic heterocycles. The van der Waals surface area contributed by atoms with Crippen LogP contribution in [0.4, 0.5) is 5.82 Å². The van der Waals surface area contributed by atoms with E-state index in [9.17, 15) is 4.79 Å². The van der Waals surface area contributed by atoms with Crippen LogP contribution in [0.15, 0.2) is 18.2 Å². The minimum absolute atomic E-state index is 0.0342. The van der Waals surface area contributed by atoms with Crippen molar-refractivity contribution in [2.45, 2.75) is 32.6 Å². The van der Waals surface area contributed by atoms with Gasteiger partial charge in [0.25, 0.3) is 5.91 Å². The first kappa shape index (κ1) is 14.8. The van der Waals surface area contributed by atoms with Gasteiger partial charge in [-0.05, 0) is 37.3 Å². The fraction of sp³-hybridized carbons (Fsp3) is 0.625. The van der Waals surface area contributed by atoms with Crippen LogP contribution >= 0.6 is 0 Å². The Hall–Kier alpha value is -1.58. The highest BCUT2D eigenvalue weighted by molar-refractivity contribution is 5.92. The first-order chi connectivity index (χ1) is 9.61. The maximum absolute atomic E-state index is 12.0. The Morgan fingerprint density at radius 2 is 2.15 bits per heavy atom. The zero-order valence-corrected chi connectivity index (χ0v) is 12.8. The zero-order valence-electron chi connectivity index (χ0n) is 12.8. The topological polar surface area (TPSA) is 36.4 Å². The summed E-state index contributed by atoms with van der Waals surface area (Å²) in [7, 11) is 3.52. The second-order valence-corrected chi connectivity index (χ2v) is 5.77. The van der Waals surface area contributed by atoms with E-state index in [-0.39, 0.29) is 5.91 Å². The summed E-state index contributed by atoms with van der Waals surface area (Å²) in [5, 5.41) is 0. The Kier molecular flexibility index (Phi) is 4.99. The van der Waals surface area contributed by atoms with Crippen LogP contribution in [0.5, 0.6) is 0 Å². The summed E-state index contributed by atoms with van der Waals surface area (Å²) in [6.45, 7) is 4.36. The zero-order chi connectivity index (χ0) is 14.5. The van der Waals surface area contributed by atoms with Crippen molar-refractivity contribution in [1.29, 1.82) is 0 Å². The van der Waals surface area contributed by atoms with Gasteiger partial charge in [-0.1, -0.05) is 19.4 Å². The van der Waals surface area contributed by atoms with Gasteiger partial charge in [0.2, 0.25) is 0 Å². The van der Waals surface area contributed by atoms with E-state index >= 15 is 0 Å². The fourth-order valence-corrected chi connectivity index (χ4v) is 2.75. The highest BCUT2D eigenvalue weighted by Crippen LogP contribution is 2.23. The summed E-state index contributed by atoms with van der Waals surface area (Å²) in [5.74, 6) is 1.74. The maximum Gasteiger partial charge on any atom is 0.272 e. The van der Waals surface area contributed by atoms with E-state index in [1.165, 1.54) is 25.7 Å². The third kappa shape index (κ3) is 3.50.